The number of aryl methyl sites for hydroxylation is 1. The van der Waals surface area contributed by atoms with Crippen LogP contribution in [-0.2, 0) is 7.05 Å². The van der Waals surface area contributed by atoms with Crippen LogP contribution >= 0.6 is 0 Å². The van der Waals surface area contributed by atoms with Crippen molar-refractivity contribution in [2.45, 2.75) is 18.9 Å². The van der Waals surface area contributed by atoms with Crippen LogP contribution in [-0.4, -0.2) is 14.9 Å². The molecule has 0 aromatic carbocycles. The van der Waals surface area contributed by atoms with Gasteiger partial charge in [-0.2, -0.15) is 5.10 Å². The summed E-state index contributed by atoms with van der Waals surface area (Å²) in [5, 5.41) is 13.7. The Morgan fingerprint density at radius 3 is 2.91 bits per heavy atom. The number of aliphatic hydroxyl groups is 1. The van der Waals surface area contributed by atoms with E-state index >= 15 is 0 Å². The number of hydrogen-bond acceptors (Lipinski definition) is 2. The predicted molar refractivity (Wildman–Crippen MR) is 40.9 cm³/mol. The van der Waals surface area contributed by atoms with E-state index in [1.54, 1.807) is 10.9 Å². The molecule has 1 saturated carbocycles. The molecule has 11 heavy (non-hydrogen) atoms. The summed E-state index contributed by atoms with van der Waals surface area (Å²) >= 11 is 0. The number of nitrogens with zero attached hydrogens (tertiary/aromatic N) is 2. The fraction of sp³-hybridized carbons (Fsp3) is 0.625. The van der Waals surface area contributed by atoms with E-state index in [1.165, 1.54) is 0 Å². The molecule has 1 aliphatic rings. The highest BCUT2D eigenvalue weighted by atomic mass is 16.3. The van der Waals surface area contributed by atoms with Crippen LogP contribution in [0.25, 0.3) is 0 Å². The first kappa shape index (κ1) is 6.85. The molecule has 0 radical (unpaired) electrons. The minimum absolute atomic E-state index is 0.289. The standard InChI is InChI=1S/C8H12N2O/c1-10-7(4-5-9-10)8(11)6-2-3-6/h4-6,8,11H,2-3H2,1H3. The van der Waals surface area contributed by atoms with E-state index in [0.717, 1.165) is 18.5 Å². The van der Waals surface area contributed by atoms with Gasteiger partial charge in [0.2, 0.25) is 0 Å². The van der Waals surface area contributed by atoms with E-state index in [4.69, 9.17) is 0 Å². The van der Waals surface area contributed by atoms with Gasteiger partial charge in [-0.05, 0) is 24.8 Å². The third-order valence-electron chi connectivity index (χ3n) is 2.23. The minimum atomic E-state index is -0.289. The molecular weight excluding hydrogens is 140 g/mol. The van der Waals surface area contributed by atoms with Crippen molar-refractivity contribution in [2.75, 3.05) is 0 Å². The quantitative estimate of drug-likeness (QED) is 0.682. The zero-order valence-electron chi connectivity index (χ0n) is 6.57. The number of rotatable bonds is 2. The highest BCUT2D eigenvalue weighted by Crippen LogP contribution is 2.40. The first-order valence-electron chi connectivity index (χ1n) is 3.95. The van der Waals surface area contributed by atoms with Crippen molar-refractivity contribution in [3.05, 3.63) is 18.0 Å². The SMILES string of the molecule is Cn1nccc1C(O)C1CC1. The second-order valence-corrected chi connectivity index (χ2v) is 3.16. The van der Waals surface area contributed by atoms with Crippen molar-refractivity contribution in [1.82, 2.24) is 9.78 Å². The van der Waals surface area contributed by atoms with Gasteiger partial charge in [0.1, 0.15) is 0 Å². The summed E-state index contributed by atoms with van der Waals surface area (Å²) in [6.07, 6.45) is 3.75. The van der Waals surface area contributed by atoms with Crippen LogP contribution in [0.4, 0.5) is 0 Å². The van der Waals surface area contributed by atoms with Gasteiger partial charge < -0.3 is 5.11 Å². The second-order valence-electron chi connectivity index (χ2n) is 3.16. The Morgan fingerprint density at radius 1 is 1.73 bits per heavy atom. The summed E-state index contributed by atoms with van der Waals surface area (Å²) in [6, 6.07) is 1.88. The van der Waals surface area contributed by atoms with Crippen molar-refractivity contribution >= 4 is 0 Å². The van der Waals surface area contributed by atoms with Crippen LogP contribution in [0.15, 0.2) is 12.3 Å². The van der Waals surface area contributed by atoms with Gasteiger partial charge in [0.05, 0.1) is 11.8 Å². The molecule has 1 heterocycles. The van der Waals surface area contributed by atoms with Gasteiger partial charge >= 0.3 is 0 Å². The van der Waals surface area contributed by atoms with Gasteiger partial charge in [0.15, 0.2) is 0 Å². The molecule has 1 aliphatic carbocycles. The van der Waals surface area contributed by atoms with Gasteiger partial charge in [0, 0.05) is 13.2 Å². The summed E-state index contributed by atoms with van der Waals surface area (Å²) in [5.74, 6) is 0.491. The fourth-order valence-corrected chi connectivity index (χ4v) is 1.33. The smallest absolute Gasteiger partial charge is 0.0984 e. The van der Waals surface area contributed by atoms with E-state index in [0.29, 0.717) is 5.92 Å². The number of aliphatic hydroxyl groups excluding tert-OH is 1. The van der Waals surface area contributed by atoms with Crippen molar-refractivity contribution in [2.24, 2.45) is 13.0 Å². The van der Waals surface area contributed by atoms with Crippen molar-refractivity contribution in [3.8, 4) is 0 Å². The molecule has 1 aromatic rings. The molecule has 1 fully saturated rings. The van der Waals surface area contributed by atoms with Gasteiger partial charge in [-0.3, -0.25) is 4.68 Å². The Kier molecular flexibility index (Phi) is 1.46. The van der Waals surface area contributed by atoms with Crippen LogP contribution in [0.1, 0.15) is 24.6 Å². The summed E-state index contributed by atoms with van der Waals surface area (Å²) < 4.78 is 1.74. The maximum Gasteiger partial charge on any atom is 0.0984 e. The molecule has 1 unspecified atom stereocenters. The molecule has 0 spiro atoms. The Bertz CT molecular complexity index is 252. The van der Waals surface area contributed by atoms with E-state index in [2.05, 4.69) is 5.10 Å². The lowest BCUT2D eigenvalue weighted by Gasteiger charge is -2.08. The molecule has 0 saturated heterocycles. The monoisotopic (exact) mass is 152 g/mol. The van der Waals surface area contributed by atoms with E-state index in [1.807, 2.05) is 13.1 Å². The highest BCUT2D eigenvalue weighted by Gasteiger charge is 2.32. The Labute approximate surface area is 65.7 Å². The van der Waals surface area contributed by atoms with Crippen LogP contribution in [0.2, 0.25) is 0 Å². The minimum Gasteiger partial charge on any atom is -0.387 e. The molecule has 0 aliphatic heterocycles. The predicted octanol–water partition coefficient (Wildman–Crippen LogP) is 0.863. The third-order valence-corrected chi connectivity index (χ3v) is 2.23. The van der Waals surface area contributed by atoms with Gasteiger partial charge in [0.25, 0.3) is 0 Å². The molecule has 1 aromatic heterocycles. The molecule has 0 amide bonds. The molecule has 1 N–H and O–H groups in total. The highest BCUT2D eigenvalue weighted by molar-refractivity contribution is 5.07. The van der Waals surface area contributed by atoms with Crippen molar-refractivity contribution in [3.63, 3.8) is 0 Å². The van der Waals surface area contributed by atoms with Crippen LogP contribution in [0.5, 0.6) is 0 Å². The molecule has 60 valence electrons. The zero-order valence-corrected chi connectivity index (χ0v) is 6.57. The van der Waals surface area contributed by atoms with Crippen molar-refractivity contribution < 1.29 is 5.11 Å². The normalized spacial score (nSPS) is 20.2. The van der Waals surface area contributed by atoms with Crippen LogP contribution in [0.3, 0.4) is 0 Å². The summed E-state index contributed by atoms with van der Waals surface area (Å²) in [6.45, 7) is 0. The summed E-state index contributed by atoms with van der Waals surface area (Å²) in [5.41, 5.74) is 0.938. The lowest BCUT2D eigenvalue weighted by atomic mass is 10.2. The summed E-state index contributed by atoms with van der Waals surface area (Å²) in [7, 11) is 1.86. The van der Waals surface area contributed by atoms with Gasteiger partial charge in [-0.1, -0.05) is 0 Å². The van der Waals surface area contributed by atoms with Crippen molar-refractivity contribution in [1.29, 1.82) is 0 Å². The third kappa shape index (κ3) is 1.16. The van der Waals surface area contributed by atoms with Gasteiger partial charge in [-0.25, -0.2) is 0 Å². The second kappa shape index (κ2) is 2.34. The number of hydrogen-bond donors (Lipinski definition) is 1. The molecule has 0 bridgehead atoms. The molecule has 3 heteroatoms. The topological polar surface area (TPSA) is 38.0 Å². The summed E-state index contributed by atoms with van der Waals surface area (Å²) in [4.78, 5) is 0. The number of aromatic nitrogens is 2. The van der Waals surface area contributed by atoms with Gasteiger partial charge in [-0.15, -0.1) is 0 Å². The maximum atomic E-state index is 9.67. The Hall–Kier alpha value is -0.830. The van der Waals surface area contributed by atoms with Crippen LogP contribution < -0.4 is 0 Å². The first-order valence-corrected chi connectivity index (χ1v) is 3.95. The Balaban J connectivity index is 2.20. The molecule has 3 nitrogen and oxygen atoms in total. The van der Waals surface area contributed by atoms with E-state index in [-0.39, 0.29) is 6.10 Å². The Morgan fingerprint density at radius 2 is 2.45 bits per heavy atom. The van der Waals surface area contributed by atoms with Crippen LogP contribution in [0, 0.1) is 5.92 Å². The maximum absolute atomic E-state index is 9.67. The average Bonchev–Trinajstić information content (AvgIpc) is 2.74. The molecule has 2 rings (SSSR count). The average molecular weight is 152 g/mol. The van der Waals surface area contributed by atoms with E-state index < -0.39 is 0 Å². The van der Waals surface area contributed by atoms with E-state index in [9.17, 15) is 5.11 Å². The molecule has 1 atom stereocenters. The fourth-order valence-electron chi connectivity index (χ4n) is 1.33. The zero-order chi connectivity index (χ0) is 7.84. The first-order chi connectivity index (χ1) is 5.29. The largest absolute Gasteiger partial charge is 0.387 e. The lowest BCUT2D eigenvalue weighted by molar-refractivity contribution is 0.144. The molecular formula is C8H12N2O. The lowest BCUT2D eigenvalue weighted by Crippen LogP contribution is -2.06.